The van der Waals surface area contributed by atoms with Gasteiger partial charge in [0.25, 0.3) is 0 Å². The Bertz CT molecular complexity index is 570. The molecule has 0 saturated heterocycles. The molecule has 1 aromatic carbocycles. The van der Waals surface area contributed by atoms with Gasteiger partial charge in [-0.1, -0.05) is 0 Å². The summed E-state index contributed by atoms with van der Waals surface area (Å²) in [5.74, 6) is -0.501. The van der Waals surface area contributed by atoms with Gasteiger partial charge in [0.1, 0.15) is 11.9 Å². The van der Waals surface area contributed by atoms with Gasteiger partial charge in [0.2, 0.25) is 0 Å². The Labute approximate surface area is 93.0 Å². The van der Waals surface area contributed by atoms with Crippen molar-refractivity contribution in [2.75, 3.05) is 0 Å². The van der Waals surface area contributed by atoms with Gasteiger partial charge in [0.15, 0.2) is 0 Å². The van der Waals surface area contributed by atoms with Crippen molar-refractivity contribution in [3.05, 3.63) is 53.5 Å². The van der Waals surface area contributed by atoms with Crippen LogP contribution in [0.5, 0.6) is 0 Å². The molecule has 2 aromatic rings. The molecular formula is C13H9FN2. The van der Waals surface area contributed by atoms with Crippen molar-refractivity contribution < 1.29 is 4.39 Å². The molecule has 0 aliphatic rings. The molecule has 0 bridgehead atoms. The molecule has 0 spiro atoms. The Balaban J connectivity index is 2.54. The lowest BCUT2D eigenvalue weighted by Crippen LogP contribution is -1.88. The van der Waals surface area contributed by atoms with Crippen molar-refractivity contribution >= 4 is 0 Å². The minimum Gasteiger partial charge on any atom is -0.256 e. The fourth-order valence-electron chi connectivity index (χ4n) is 1.46. The summed E-state index contributed by atoms with van der Waals surface area (Å²) in [5.41, 5.74) is 2.62. The first-order chi connectivity index (χ1) is 7.70. The summed E-state index contributed by atoms with van der Waals surface area (Å²) >= 11 is 0. The molecule has 78 valence electrons. The van der Waals surface area contributed by atoms with Crippen LogP contribution in [-0.2, 0) is 0 Å². The van der Waals surface area contributed by atoms with Gasteiger partial charge in [-0.15, -0.1) is 0 Å². The molecule has 0 aliphatic carbocycles. The number of benzene rings is 1. The van der Waals surface area contributed by atoms with Crippen LogP contribution >= 0.6 is 0 Å². The smallest absolute Gasteiger partial charge is 0.140 e. The lowest BCUT2D eigenvalue weighted by molar-refractivity contribution is 0.624. The average molecular weight is 212 g/mol. The third-order valence-electron chi connectivity index (χ3n) is 2.30. The van der Waals surface area contributed by atoms with Crippen LogP contribution in [0.1, 0.15) is 11.1 Å². The highest BCUT2D eigenvalue weighted by Crippen LogP contribution is 2.20. The number of nitrogens with zero attached hydrogens (tertiary/aromatic N) is 2. The van der Waals surface area contributed by atoms with Gasteiger partial charge in [-0.05, 0) is 42.8 Å². The Morgan fingerprint density at radius 3 is 2.75 bits per heavy atom. The summed E-state index contributed by atoms with van der Waals surface area (Å²) in [6.07, 6.45) is 1.69. The van der Waals surface area contributed by atoms with E-state index in [-0.39, 0.29) is 5.56 Å². The lowest BCUT2D eigenvalue weighted by Gasteiger charge is -2.02. The Hall–Kier alpha value is -2.21. The SMILES string of the molecule is Cc1ccnc(-c2ccc(F)c(C#N)c2)c1. The molecule has 2 rings (SSSR count). The molecule has 16 heavy (non-hydrogen) atoms. The molecule has 0 aliphatic heterocycles. The van der Waals surface area contributed by atoms with Crippen molar-refractivity contribution in [2.45, 2.75) is 6.92 Å². The van der Waals surface area contributed by atoms with Gasteiger partial charge in [-0.2, -0.15) is 5.26 Å². The van der Waals surface area contributed by atoms with Crippen molar-refractivity contribution in [1.29, 1.82) is 5.26 Å². The number of pyridine rings is 1. The number of aryl methyl sites for hydroxylation is 1. The number of nitriles is 1. The maximum atomic E-state index is 13.1. The molecule has 0 radical (unpaired) electrons. The second kappa shape index (κ2) is 4.11. The van der Waals surface area contributed by atoms with E-state index in [0.717, 1.165) is 16.8 Å². The quantitative estimate of drug-likeness (QED) is 0.728. The van der Waals surface area contributed by atoms with Gasteiger partial charge in [-0.25, -0.2) is 4.39 Å². The molecule has 0 atom stereocenters. The van der Waals surface area contributed by atoms with Gasteiger partial charge < -0.3 is 0 Å². The van der Waals surface area contributed by atoms with Crippen molar-refractivity contribution in [2.24, 2.45) is 0 Å². The Morgan fingerprint density at radius 2 is 2.06 bits per heavy atom. The van der Waals surface area contributed by atoms with Gasteiger partial charge in [0.05, 0.1) is 11.3 Å². The first-order valence-electron chi connectivity index (χ1n) is 4.83. The van der Waals surface area contributed by atoms with Crippen LogP contribution in [0.4, 0.5) is 4.39 Å². The van der Waals surface area contributed by atoms with Crippen molar-refractivity contribution in [3.63, 3.8) is 0 Å². The van der Waals surface area contributed by atoms with Crippen LogP contribution in [0.25, 0.3) is 11.3 Å². The van der Waals surface area contributed by atoms with Crippen LogP contribution in [0, 0.1) is 24.1 Å². The molecule has 0 N–H and O–H groups in total. The third-order valence-corrected chi connectivity index (χ3v) is 2.30. The summed E-state index contributed by atoms with van der Waals surface area (Å²) in [6.45, 7) is 1.96. The molecule has 0 amide bonds. The number of rotatable bonds is 1. The fourth-order valence-corrected chi connectivity index (χ4v) is 1.46. The standard InChI is InChI=1S/C13H9FN2/c1-9-4-5-16-13(6-9)10-2-3-12(14)11(7-10)8-15/h2-7H,1H3. The predicted molar refractivity (Wildman–Crippen MR) is 59.1 cm³/mol. The van der Waals surface area contributed by atoms with Crippen LogP contribution in [0.15, 0.2) is 36.5 Å². The molecule has 1 heterocycles. The maximum absolute atomic E-state index is 13.1. The Morgan fingerprint density at radius 1 is 1.25 bits per heavy atom. The van der Waals surface area contributed by atoms with E-state index in [1.807, 2.05) is 25.1 Å². The lowest BCUT2D eigenvalue weighted by atomic mass is 10.1. The highest BCUT2D eigenvalue weighted by atomic mass is 19.1. The van der Waals surface area contributed by atoms with E-state index in [1.165, 1.54) is 12.1 Å². The molecule has 3 heteroatoms. The fraction of sp³-hybridized carbons (Fsp3) is 0.0769. The van der Waals surface area contributed by atoms with Crippen LogP contribution in [0.3, 0.4) is 0 Å². The van der Waals surface area contributed by atoms with E-state index < -0.39 is 5.82 Å². The van der Waals surface area contributed by atoms with E-state index in [2.05, 4.69) is 4.98 Å². The summed E-state index contributed by atoms with van der Waals surface area (Å²) in [6, 6.07) is 10.0. The van der Waals surface area contributed by atoms with E-state index in [4.69, 9.17) is 5.26 Å². The monoisotopic (exact) mass is 212 g/mol. The number of hydrogen-bond acceptors (Lipinski definition) is 2. The van der Waals surface area contributed by atoms with Gasteiger partial charge in [-0.3, -0.25) is 4.98 Å². The van der Waals surface area contributed by atoms with E-state index >= 15 is 0 Å². The largest absolute Gasteiger partial charge is 0.256 e. The highest BCUT2D eigenvalue weighted by Gasteiger charge is 2.05. The molecule has 2 nitrogen and oxygen atoms in total. The zero-order valence-corrected chi connectivity index (χ0v) is 8.74. The number of hydrogen-bond donors (Lipinski definition) is 0. The minimum absolute atomic E-state index is 0.0424. The predicted octanol–water partition coefficient (Wildman–Crippen LogP) is 3.07. The van der Waals surface area contributed by atoms with Crippen molar-refractivity contribution in [1.82, 2.24) is 4.98 Å². The maximum Gasteiger partial charge on any atom is 0.140 e. The summed E-state index contributed by atoms with van der Waals surface area (Å²) in [4.78, 5) is 4.18. The zero-order chi connectivity index (χ0) is 11.5. The molecule has 1 aromatic heterocycles. The Kier molecular flexibility index (Phi) is 2.65. The van der Waals surface area contributed by atoms with Gasteiger partial charge >= 0.3 is 0 Å². The second-order valence-corrected chi connectivity index (χ2v) is 3.52. The zero-order valence-electron chi connectivity index (χ0n) is 8.74. The van der Waals surface area contributed by atoms with E-state index in [9.17, 15) is 4.39 Å². The normalized spacial score (nSPS) is 9.81. The van der Waals surface area contributed by atoms with Crippen LogP contribution in [0.2, 0.25) is 0 Å². The molecule has 0 saturated carbocycles. The van der Waals surface area contributed by atoms with Crippen LogP contribution in [-0.4, -0.2) is 4.98 Å². The van der Waals surface area contributed by atoms with E-state index in [1.54, 1.807) is 12.3 Å². The first-order valence-corrected chi connectivity index (χ1v) is 4.83. The summed E-state index contributed by atoms with van der Waals surface area (Å²) < 4.78 is 13.1. The van der Waals surface area contributed by atoms with Crippen molar-refractivity contribution in [3.8, 4) is 17.3 Å². The molecular weight excluding hydrogens is 203 g/mol. The number of halogens is 1. The molecule has 0 unspecified atom stereocenters. The highest BCUT2D eigenvalue weighted by molar-refractivity contribution is 5.62. The van der Waals surface area contributed by atoms with Crippen LogP contribution < -0.4 is 0 Å². The second-order valence-electron chi connectivity index (χ2n) is 3.52. The minimum atomic E-state index is -0.501. The topological polar surface area (TPSA) is 36.7 Å². The van der Waals surface area contributed by atoms with Gasteiger partial charge in [0, 0.05) is 11.8 Å². The average Bonchev–Trinajstić information content (AvgIpc) is 2.29. The number of aromatic nitrogens is 1. The summed E-state index contributed by atoms with van der Waals surface area (Å²) in [7, 11) is 0. The first kappa shape index (κ1) is 10.3. The third kappa shape index (κ3) is 1.91. The summed E-state index contributed by atoms with van der Waals surface area (Å²) in [5, 5.41) is 8.73. The molecule has 0 fully saturated rings. The van der Waals surface area contributed by atoms with E-state index in [0.29, 0.717) is 0 Å².